The van der Waals surface area contributed by atoms with Crippen molar-refractivity contribution in [3.63, 3.8) is 0 Å². The summed E-state index contributed by atoms with van der Waals surface area (Å²) in [4.78, 5) is 23.8. The van der Waals surface area contributed by atoms with Gasteiger partial charge in [-0.15, -0.1) is 0 Å². The summed E-state index contributed by atoms with van der Waals surface area (Å²) in [5, 5.41) is 3.50. The SMILES string of the molecule is CN=C(NCc1ccc(CN2CCCC(C)C2)cc1)N1CCN(C(=O)C2CCCO2)CC1. The average molecular weight is 442 g/mol. The number of likely N-dealkylation sites (tertiary alicyclic amines) is 1. The molecular formula is C25H39N5O2. The molecule has 1 amide bonds. The molecule has 0 bridgehead atoms. The lowest BCUT2D eigenvalue weighted by atomic mass is 9.99. The molecule has 176 valence electrons. The second-order valence-corrected chi connectivity index (χ2v) is 9.51. The topological polar surface area (TPSA) is 60.4 Å². The van der Waals surface area contributed by atoms with Crippen LogP contribution in [0.3, 0.4) is 0 Å². The Balaban J connectivity index is 1.22. The number of nitrogens with one attached hydrogen (secondary N) is 1. The Morgan fingerprint density at radius 2 is 1.75 bits per heavy atom. The van der Waals surface area contributed by atoms with Crippen molar-refractivity contribution in [1.29, 1.82) is 0 Å². The van der Waals surface area contributed by atoms with Gasteiger partial charge in [-0.05, 0) is 49.3 Å². The number of hydrogen-bond donors (Lipinski definition) is 1. The van der Waals surface area contributed by atoms with Crippen LogP contribution in [0.25, 0.3) is 0 Å². The third-order valence-electron chi connectivity index (χ3n) is 6.93. The molecule has 7 nitrogen and oxygen atoms in total. The molecule has 32 heavy (non-hydrogen) atoms. The van der Waals surface area contributed by atoms with Crippen molar-refractivity contribution in [2.75, 3.05) is 52.9 Å². The smallest absolute Gasteiger partial charge is 0.251 e. The molecule has 0 radical (unpaired) electrons. The number of benzene rings is 1. The average Bonchev–Trinajstić information content (AvgIpc) is 3.36. The third kappa shape index (κ3) is 6.01. The standard InChI is InChI=1S/C25H39N5O2/c1-20-5-3-11-28(18-20)19-22-9-7-21(8-10-22)17-27-25(26-2)30-14-12-29(13-15-30)24(31)23-6-4-16-32-23/h7-10,20,23H,3-6,11-19H2,1-2H3,(H,26,27). The molecule has 0 aliphatic carbocycles. The molecule has 1 N–H and O–H groups in total. The molecule has 0 aromatic heterocycles. The van der Waals surface area contributed by atoms with Crippen LogP contribution in [0.1, 0.15) is 43.7 Å². The van der Waals surface area contributed by atoms with Gasteiger partial charge in [-0.2, -0.15) is 0 Å². The first-order chi connectivity index (χ1) is 15.6. The Morgan fingerprint density at radius 3 is 2.41 bits per heavy atom. The monoisotopic (exact) mass is 441 g/mol. The van der Waals surface area contributed by atoms with Crippen LogP contribution < -0.4 is 5.32 Å². The summed E-state index contributed by atoms with van der Waals surface area (Å²) in [6, 6.07) is 8.96. The summed E-state index contributed by atoms with van der Waals surface area (Å²) < 4.78 is 5.56. The fraction of sp³-hybridized carbons (Fsp3) is 0.680. The predicted octanol–water partition coefficient (Wildman–Crippen LogP) is 2.32. The fourth-order valence-electron chi connectivity index (χ4n) is 5.08. The van der Waals surface area contributed by atoms with Crippen molar-refractivity contribution in [2.24, 2.45) is 10.9 Å². The van der Waals surface area contributed by atoms with Gasteiger partial charge in [0, 0.05) is 59.5 Å². The lowest BCUT2D eigenvalue weighted by molar-refractivity contribution is -0.142. The van der Waals surface area contributed by atoms with Gasteiger partial charge in [-0.3, -0.25) is 14.7 Å². The zero-order valence-electron chi connectivity index (χ0n) is 19.8. The number of amides is 1. The van der Waals surface area contributed by atoms with Crippen LogP contribution in [0.2, 0.25) is 0 Å². The lowest BCUT2D eigenvalue weighted by Crippen LogP contribution is -2.55. The maximum absolute atomic E-state index is 12.6. The molecule has 0 saturated carbocycles. The number of carbonyl (C=O) groups is 1. The summed E-state index contributed by atoms with van der Waals surface area (Å²) >= 11 is 0. The van der Waals surface area contributed by atoms with Gasteiger partial charge >= 0.3 is 0 Å². The predicted molar refractivity (Wildman–Crippen MR) is 127 cm³/mol. The molecule has 0 spiro atoms. The van der Waals surface area contributed by atoms with E-state index in [4.69, 9.17) is 4.74 Å². The quantitative estimate of drug-likeness (QED) is 0.561. The molecule has 7 heteroatoms. The van der Waals surface area contributed by atoms with E-state index in [1.807, 2.05) is 11.9 Å². The number of nitrogens with zero attached hydrogens (tertiary/aromatic N) is 4. The highest BCUT2D eigenvalue weighted by atomic mass is 16.5. The minimum Gasteiger partial charge on any atom is -0.368 e. The van der Waals surface area contributed by atoms with Crippen molar-refractivity contribution in [1.82, 2.24) is 20.0 Å². The van der Waals surface area contributed by atoms with Crippen molar-refractivity contribution in [2.45, 2.75) is 51.8 Å². The molecule has 3 aliphatic rings. The highest BCUT2D eigenvalue weighted by Crippen LogP contribution is 2.18. The van der Waals surface area contributed by atoms with Crippen molar-refractivity contribution in [3.05, 3.63) is 35.4 Å². The molecule has 3 saturated heterocycles. The lowest BCUT2D eigenvalue weighted by Gasteiger charge is -2.37. The Bertz CT molecular complexity index is 767. The molecular weight excluding hydrogens is 402 g/mol. The summed E-state index contributed by atoms with van der Waals surface area (Å²) in [5.74, 6) is 1.87. The van der Waals surface area contributed by atoms with Crippen molar-refractivity contribution in [3.8, 4) is 0 Å². The molecule has 2 unspecified atom stereocenters. The van der Waals surface area contributed by atoms with E-state index >= 15 is 0 Å². The molecule has 2 atom stereocenters. The molecule has 3 fully saturated rings. The van der Waals surface area contributed by atoms with Crippen LogP contribution in [0, 0.1) is 5.92 Å². The minimum atomic E-state index is -0.222. The summed E-state index contributed by atoms with van der Waals surface area (Å²) in [6.07, 6.45) is 4.31. The van der Waals surface area contributed by atoms with Crippen LogP contribution in [-0.4, -0.2) is 85.6 Å². The second-order valence-electron chi connectivity index (χ2n) is 9.51. The third-order valence-corrected chi connectivity index (χ3v) is 6.93. The van der Waals surface area contributed by atoms with Gasteiger partial charge in [0.1, 0.15) is 6.10 Å². The Labute approximate surface area is 192 Å². The summed E-state index contributed by atoms with van der Waals surface area (Å²) in [6.45, 7) is 10.4. The van der Waals surface area contributed by atoms with Crippen molar-refractivity contribution >= 4 is 11.9 Å². The van der Waals surface area contributed by atoms with E-state index in [0.29, 0.717) is 6.61 Å². The first-order valence-corrected chi connectivity index (χ1v) is 12.3. The van der Waals surface area contributed by atoms with Gasteiger partial charge in [-0.25, -0.2) is 0 Å². The van der Waals surface area contributed by atoms with E-state index in [0.717, 1.165) is 64.0 Å². The summed E-state index contributed by atoms with van der Waals surface area (Å²) in [7, 11) is 1.83. The first-order valence-electron chi connectivity index (χ1n) is 12.3. The number of hydrogen-bond acceptors (Lipinski definition) is 4. The number of rotatable bonds is 5. The number of ether oxygens (including phenoxy) is 1. The number of guanidine groups is 1. The molecule has 1 aromatic carbocycles. The molecule has 4 rings (SSSR count). The normalized spacial score (nSPS) is 25.2. The van der Waals surface area contributed by atoms with E-state index in [1.165, 1.54) is 37.1 Å². The van der Waals surface area contributed by atoms with Gasteiger partial charge in [0.2, 0.25) is 0 Å². The Kier molecular flexibility index (Phi) is 8.03. The van der Waals surface area contributed by atoms with Crippen LogP contribution in [0.4, 0.5) is 0 Å². The first kappa shape index (κ1) is 23.1. The van der Waals surface area contributed by atoms with E-state index in [-0.39, 0.29) is 12.0 Å². The maximum atomic E-state index is 12.6. The van der Waals surface area contributed by atoms with Crippen LogP contribution >= 0.6 is 0 Å². The summed E-state index contributed by atoms with van der Waals surface area (Å²) in [5.41, 5.74) is 2.65. The van der Waals surface area contributed by atoms with E-state index in [1.54, 1.807) is 0 Å². The Hall–Kier alpha value is -2.12. The zero-order valence-corrected chi connectivity index (χ0v) is 19.8. The molecule has 3 heterocycles. The fourth-order valence-corrected chi connectivity index (χ4v) is 5.08. The number of piperazine rings is 1. The molecule has 3 aliphatic heterocycles. The van der Waals surface area contributed by atoms with E-state index in [2.05, 4.69) is 51.3 Å². The second kappa shape index (κ2) is 11.1. The van der Waals surface area contributed by atoms with Gasteiger partial charge in [-0.1, -0.05) is 31.2 Å². The van der Waals surface area contributed by atoms with Gasteiger partial charge in [0.05, 0.1) is 0 Å². The zero-order chi connectivity index (χ0) is 22.3. The van der Waals surface area contributed by atoms with Crippen LogP contribution in [-0.2, 0) is 22.6 Å². The maximum Gasteiger partial charge on any atom is 0.251 e. The van der Waals surface area contributed by atoms with E-state index in [9.17, 15) is 4.79 Å². The minimum absolute atomic E-state index is 0.157. The Morgan fingerprint density at radius 1 is 1.03 bits per heavy atom. The van der Waals surface area contributed by atoms with Gasteiger partial charge in [0.15, 0.2) is 5.96 Å². The molecule has 1 aromatic rings. The van der Waals surface area contributed by atoms with Crippen LogP contribution in [0.15, 0.2) is 29.3 Å². The number of carbonyl (C=O) groups excluding carboxylic acids is 1. The number of aliphatic imine (C=N–C) groups is 1. The highest BCUT2D eigenvalue weighted by molar-refractivity contribution is 5.82. The number of piperidine rings is 1. The van der Waals surface area contributed by atoms with E-state index < -0.39 is 0 Å². The van der Waals surface area contributed by atoms with Crippen LogP contribution in [0.5, 0.6) is 0 Å². The highest BCUT2D eigenvalue weighted by Gasteiger charge is 2.30. The largest absolute Gasteiger partial charge is 0.368 e. The van der Waals surface area contributed by atoms with Crippen molar-refractivity contribution < 1.29 is 9.53 Å². The van der Waals surface area contributed by atoms with Gasteiger partial charge in [0.25, 0.3) is 5.91 Å². The van der Waals surface area contributed by atoms with Gasteiger partial charge < -0.3 is 19.9 Å².